The number of hydrogen-bond donors (Lipinski definition) is 1. The molecule has 21 heavy (non-hydrogen) atoms. The highest BCUT2D eigenvalue weighted by atomic mass is 16.5. The first-order valence-corrected chi connectivity index (χ1v) is 6.94. The zero-order valence-corrected chi connectivity index (χ0v) is 12.8. The van der Waals surface area contributed by atoms with Crippen LogP contribution < -0.4 is 10.1 Å². The summed E-state index contributed by atoms with van der Waals surface area (Å²) in [5.41, 5.74) is 0.549. The van der Waals surface area contributed by atoms with Crippen LogP contribution in [0.15, 0.2) is 42.7 Å². The summed E-state index contributed by atoms with van der Waals surface area (Å²) in [6, 6.07) is 9.28. The van der Waals surface area contributed by atoms with Crippen LogP contribution in [0.3, 0.4) is 0 Å². The van der Waals surface area contributed by atoms with Crippen LogP contribution in [0.1, 0.15) is 27.7 Å². The van der Waals surface area contributed by atoms with Gasteiger partial charge < -0.3 is 10.1 Å². The van der Waals surface area contributed by atoms with Gasteiger partial charge >= 0.3 is 0 Å². The molecule has 0 radical (unpaired) electrons. The molecule has 0 saturated carbocycles. The van der Waals surface area contributed by atoms with Gasteiger partial charge in [-0.2, -0.15) is 5.10 Å². The summed E-state index contributed by atoms with van der Waals surface area (Å²) in [4.78, 5) is 12.1. The van der Waals surface area contributed by atoms with Gasteiger partial charge in [0.2, 0.25) is 0 Å². The highest BCUT2D eigenvalue weighted by molar-refractivity contribution is 5.93. The number of para-hydroxylation sites is 1. The molecule has 1 aromatic heterocycles. The molecule has 0 fully saturated rings. The summed E-state index contributed by atoms with van der Waals surface area (Å²) < 4.78 is 7.39. The smallest absolute Gasteiger partial charge is 0.265 e. The molecule has 1 atom stereocenters. The van der Waals surface area contributed by atoms with E-state index >= 15 is 0 Å². The molecule has 0 spiro atoms. The van der Waals surface area contributed by atoms with E-state index < -0.39 is 6.10 Å². The number of carbonyl (C=O) groups excluding carboxylic acids is 1. The fourth-order valence-corrected chi connectivity index (χ4v) is 1.75. The van der Waals surface area contributed by atoms with Crippen molar-refractivity contribution < 1.29 is 9.53 Å². The van der Waals surface area contributed by atoms with Crippen molar-refractivity contribution in [3.63, 3.8) is 0 Å². The normalized spacial score (nSPS) is 12.8. The number of nitrogens with one attached hydrogen (secondary N) is 1. The highest BCUT2D eigenvalue weighted by Crippen LogP contribution is 2.16. The van der Waals surface area contributed by atoms with Gasteiger partial charge in [0.1, 0.15) is 5.75 Å². The summed E-state index contributed by atoms with van der Waals surface area (Å²) in [7, 11) is 0. The third-order valence-electron chi connectivity index (χ3n) is 2.96. The number of rotatable bonds is 4. The fraction of sp³-hybridized carbons (Fsp3) is 0.375. The molecule has 0 aliphatic heterocycles. The van der Waals surface area contributed by atoms with E-state index in [1.807, 2.05) is 62.0 Å². The topological polar surface area (TPSA) is 56.1 Å². The molecular formula is C16H21N3O2. The number of hydrogen-bond acceptors (Lipinski definition) is 3. The first kappa shape index (κ1) is 15.1. The van der Waals surface area contributed by atoms with Gasteiger partial charge in [0.05, 0.1) is 17.4 Å². The predicted octanol–water partition coefficient (Wildman–Crippen LogP) is 3.04. The number of anilines is 1. The first-order valence-electron chi connectivity index (χ1n) is 6.94. The van der Waals surface area contributed by atoms with E-state index in [1.54, 1.807) is 13.1 Å². The van der Waals surface area contributed by atoms with Crippen LogP contribution in [0.4, 0.5) is 5.69 Å². The molecule has 1 N–H and O–H groups in total. The Morgan fingerprint density at radius 1 is 1.29 bits per heavy atom. The number of amides is 1. The fourth-order valence-electron chi connectivity index (χ4n) is 1.75. The van der Waals surface area contributed by atoms with E-state index in [-0.39, 0.29) is 11.4 Å². The molecule has 5 nitrogen and oxygen atoms in total. The second-order valence-electron chi connectivity index (χ2n) is 5.91. The highest BCUT2D eigenvalue weighted by Gasteiger charge is 2.18. The number of benzene rings is 1. The molecular weight excluding hydrogens is 266 g/mol. The van der Waals surface area contributed by atoms with Crippen LogP contribution in [0.5, 0.6) is 5.75 Å². The summed E-state index contributed by atoms with van der Waals surface area (Å²) in [5, 5.41) is 7.05. The van der Waals surface area contributed by atoms with Crippen molar-refractivity contribution in [2.24, 2.45) is 0 Å². The van der Waals surface area contributed by atoms with Crippen LogP contribution in [-0.4, -0.2) is 21.8 Å². The molecule has 112 valence electrons. The molecule has 0 aliphatic rings. The summed E-state index contributed by atoms with van der Waals surface area (Å²) in [6.45, 7) is 7.86. The molecule has 0 saturated heterocycles. The number of ether oxygens (including phenoxy) is 1. The monoisotopic (exact) mass is 287 g/mol. The van der Waals surface area contributed by atoms with E-state index in [4.69, 9.17) is 4.74 Å². The summed E-state index contributed by atoms with van der Waals surface area (Å²) in [5.74, 6) is 0.470. The van der Waals surface area contributed by atoms with E-state index in [0.29, 0.717) is 11.4 Å². The van der Waals surface area contributed by atoms with E-state index in [9.17, 15) is 4.79 Å². The minimum atomic E-state index is -0.578. The van der Waals surface area contributed by atoms with Crippen molar-refractivity contribution in [2.45, 2.75) is 39.3 Å². The molecule has 0 bridgehead atoms. The van der Waals surface area contributed by atoms with Crippen molar-refractivity contribution in [1.29, 1.82) is 0 Å². The van der Waals surface area contributed by atoms with Crippen molar-refractivity contribution in [3.8, 4) is 5.75 Å². The van der Waals surface area contributed by atoms with E-state index in [0.717, 1.165) is 0 Å². The Balaban J connectivity index is 1.96. The van der Waals surface area contributed by atoms with Crippen molar-refractivity contribution in [2.75, 3.05) is 5.32 Å². The van der Waals surface area contributed by atoms with Gasteiger partial charge in [-0.1, -0.05) is 18.2 Å². The molecule has 2 aromatic rings. The third-order valence-corrected chi connectivity index (χ3v) is 2.96. The van der Waals surface area contributed by atoms with Gasteiger partial charge in [0, 0.05) is 6.20 Å². The molecule has 1 heterocycles. The summed E-state index contributed by atoms with van der Waals surface area (Å²) in [6.07, 6.45) is 2.87. The van der Waals surface area contributed by atoms with Crippen LogP contribution in [0.2, 0.25) is 0 Å². The minimum absolute atomic E-state index is 0.116. The number of aromatic nitrogens is 2. The van der Waals surface area contributed by atoms with Crippen molar-refractivity contribution >= 4 is 11.6 Å². The van der Waals surface area contributed by atoms with Gasteiger partial charge in [-0.3, -0.25) is 9.48 Å². The second-order valence-corrected chi connectivity index (χ2v) is 5.91. The Morgan fingerprint density at radius 3 is 2.52 bits per heavy atom. The molecule has 0 aliphatic carbocycles. The molecule has 1 unspecified atom stereocenters. The van der Waals surface area contributed by atoms with E-state index in [1.165, 1.54) is 0 Å². The predicted molar refractivity (Wildman–Crippen MR) is 82.4 cm³/mol. The van der Waals surface area contributed by atoms with Crippen LogP contribution in [0, 0.1) is 0 Å². The maximum Gasteiger partial charge on any atom is 0.265 e. The van der Waals surface area contributed by atoms with Crippen LogP contribution in [-0.2, 0) is 10.3 Å². The standard InChI is InChI=1S/C16H21N3O2/c1-12(21-14-8-6-5-7-9-14)15(20)18-13-10-17-19(11-13)16(2,3)4/h5-12H,1-4H3,(H,18,20). The Morgan fingerprint density at radius 2 is 1.95 bits per heavy atom. The number of carbonyl (C=O) groups is 1. The molecule has 2 rings (SSSR count). The first-order chi connectivity index (χ1) is 9.86. The maximum absolute atomic E-state index is 12.1. The Hall–Kier alpha value is -2.30. The largest absolute Gasteiger partial charge is 0.481 e. The zero-order valence-electron chi connectivity index (χ0n) is 12.8. The van der Waals surface area contributed by atoms with Gasteiger partial charge in [-0.25, -0.2) is 0 Å². The Bertz CT molecular complexity index is 599. The lowest BCUT2D eigenvalue weighted by Crippen LogP contribution is -2.30. The zero-order chi connectivity index (χ0) is 15.5. The van der Waals surface area contributed by atoms with E-state index in [2.05, 4.69) is 10.4 Å². The summed E-state index contributed by atoms with van der Waals surface area (Å²) >= 11 is 0. The average Bonchev–Trinajstić information content (AvgIpc) is 2.88. The Labute approximate surface area is 124 Å². The quantitative estimate of drug-likeness (QED) is 0.940. The van der Waals surface area contributed by atoms with Crippen LogP contribution in [0.25, 0.3) is 0 Å². The van der Waals surface area contributed by atoms with Gasteiger partial charge in [-0.15, -0.1) is 0 Å². The third kappa shape index (κ3) is 4.08. The SMILES string of the molecule is CC(Oc1ccccc1)C(=O)Nc1cnn(C(C)(C)C)c1. The maximum atomic E-state index is 12.1. The molecule has 1 aromatic carbocycles. The van der Waals surface area contributed by atoms with Gasteiger partial charge in [0.25, 0.3) is 5.91 Å². The van der Waals surface area contributed by atoms with Gasteiger partial charge in [-0.05, 0) is 39.8 Å². The second kappa shape index (κ2) is 5.99. The lowest BCUT2D eigenvalue weighted by molar-refractivity contribution is -0.122. The Kier molecular flexibility index (Phi) is 4.31. The van der Waals surface area contributed by atoms with Crippen molar-refractivity contribution in [3.05, 3.63) is 42.7 Å². The lowest BCUT2D eigenvalue weighted by atomic mass is 10.1. The lowest BCUT2D eigenvalue weighted by Gasteiger charge is -2.18. The van der Waals surface area contributed by atoms with Crippen LogP contribution >= 0.6 is 0 Å². The minimum Gasteiger partial charge on any atom is -0.481 e. The molecule has 5 heteroatoms. The average molecular weight is 287 g/mol. The molecule has 1 amide bonds. The van der Waals surface area contributed by atoms with Crippen molar-refractivity contribution in [1.82, 2.24) is 9.78 Å². The number of nitrogens with zero attached hydrogens (tertiary/aromatic N) is 2. The van der Waals surface area contributed by atoms with Gasteiger partial charge in [0.15, 0.2) is 6.10 Å².